The molecule has 1 aliphatic heterocycles. The Kier molecular flexibility index (Phi) is 6.34. The van der Waals surface area contributed by atoms with Crippen LogP contribution in [-0.4, -0.2) is 50.1 Å². The van der Waals surface area contributed by atoms with Crippen LogP contribution in [0.1, 0.15) is 29.6 Å². The fraction of sp³-hybridized carbons (Fsp3) is 0.500. The molecular weight excluding hydrogens is 322 g/mol. The molecule has 1 heterocycles. The highest BCUT2D eigenvalue weighted by Gasteiger charge is 2.19. The van der Waals surface area contributed by atoms with Crippen molar-refractivity contribution in [3.63, 3.8) is 0 Å². The molecule has 24 heavy (non-hydrogen) atoms. The third-order valence-corrected chi connectivity index (χ3v) is 3.70. The zero-order valence-electron chi connectivity index (χ0n) is 13.4. The second-order valence-corrected chi connectivity index (χ2v) is 5.34. The first kappa shape index (κ1) is 18.0. The van der Waals surface area contributed by atoms with Crippen molar-refractivity contribution < 1.29 is 27.8 Å². The number of nitrogens with zero attached hydrogens (tertiary/aromatic N) is 1. The van der Waals surface area contributed by atoms with Crippen molar-refractivity contribution >= 4 is 11.8 Å². The summed E-state index contributed by atoms with van der Waals surface area (Å²) in [5.41, 5.74) is 0.283. The maximum atomic E-state index is 12.3. The molecule has 132 valence electrons. The van der Waals surface area contributed by atoms with E-state index in [-0.39, 0.29) is 28.9 Å². The summed E-state index contributed by atoms with van der Waals surface area (Å²) in [5.74, 6) is -0.257. The van der Waals surface area contributed by atoms with Crippen LogP contribution in [0.5, 0.6) is 11.5 Å². The summed E-state index contributed by atoms with van der Waals surface area (Å²) >= 11 is 0. The number of methoxy groups -OCH3 is 1. The third-order valence-electron chi connectivity index (χ3n) is 3.70. The maximum absolute atomic E-state index is 12.3. The van der Waals surface area contributed by atoms with Gasteiger partial charge in [-0.15, -0.1) is 0 Å². The second kappa shape index (κ2) is 8.47. The Bertz CT molecular complexity index is 595. The highest BCUT2D eigenvalue weighted by atomic mass is 19.3. The number of carbonyl (C=O) groups excluding carboxylic acids is 2. The van der Waals surface area contributed by atoms with Gasteiger partial charge in [-0.05, 0) is 31.0 Å². The lowest BCUT2D eigenvalue weighted by molar-refractivity contribution is -0.127. The van der Waals surface area contributed by atoms with Crippen LogP contribution in [0.3, 0.4) is 0 Å². The molecule has 0 atom stereocenters. The van der Waals surface area contributed by atoms with E-state index in [1.807, 2.05) is 0 Å². The van der Waals surface area contributed by atoms with Gasteiger partial charge in [-0.2, -0.15) is 8.78 Å². The van der Waals surface area contributed by atoms with Gasteiger partial charge >= 0.3 is 6.61 Å². The van der Waals surface area contributed by atoms with Gasteiger partial charge in [0.1, 0.15) is 0 Å². The van der Waals surface area contributed by atoms with Crippen LogP contribution in [0, 0.1) is 0 Å². The number of amides is 2. The largest absolute Gasteiger partial charge is 0.493 e. The molecule has 0 unspecified atom stereocenters. The van der Waals surface area contributed by atoms with Crippen molar-refractivity contribution in [3.05, 3.63) is 23.8 Å². The number of ether oxygens (including phenoxy) is 2. The SMILES string of the molecule is COc1cc(C(=O)NCCCN2CCCC2=O)ccc1OC(F)F. The minimum atomic E-state index is -2.97. The number of carbonyl (C=O) groups is 2. The summed E-state index contributed by atoms with van der Waals surface area (Å²) in [7, 11) is 1.31. The molecule has 2 amide bonds. The summed E-state index contributed by atoms with van der Waals surface area (Å²) in [6.45, 7) is -1.16. The van der Waals surface area contributed by atoms with Crippen LogP contribution in [0.2, 0.25) is 0 Å². The molecule has 0 aliphatic carbocycles. The summed E-state index contributed by atoms with van der Waals surface area (Å²) in [6.07, 6.45) is 2.14. The van der Waals surface area contributed by atoms with Gasteiger partial charge in [0.25, 0.3) is 5.91 Å². The molecule has 1 saturated heterocycles. The van der Waals surface area contributed by atoms with E-state index < -0.39 is 6.61 Å². The number of hydrogen-bond acceptors (Lipinski definition) is 4. The van der Waals surface area contributed by atoms with Crippen LogP contribution in [0.4, 0.5) is 8.78 Å². The summed E-state index contributed by atoms with van der Waals surface area (Å²) in [5, 5.41) is 2.73. The van der Waals surface area contributed by atoms with Crippen molar-refractivity contribution in [2.75, 3.05) is 26.7 Å². The number of rotatable bonds is 8. The molecule has 1 fully saturated rings. The Hall–Kier alpha value is -2.38. The molecule has 1 aromatic carbocycles. The lowest BCUT2D eigenvalue weighted by atomic mass is 10.2. The highest BCUT2D eigenvalue weighted by molar-refractivity contribution is 5.94. The van der Waals surface area contributed by atoms with Crippen molar-refractivity contribution in [1.29, 1.82) is 0 Å². The van der Waals surface area contributed by atoms with Crippen molar-refractivity contribution in [3.8, 4) is 11.5 Å². The van der Waals surface area contributed by atoms with E-state index in [9.17, 15) is 18.4 Å². The number of nitrogens with one attached hydrogen (secondary N) is 1. The van der Waals surface area contributed by atoms with Gasteiger partial charge < -0.3 is 19.7 Å². The van der Waals surface area contributed by atoms with Gasteiger partial charge in [0.05, 0.1) is 7.11 Å². The average molecular weight is 342 g/mol. The van der Waals surface area contributed by atoms with E-state index in [1.165, 1.54) is 25.3 Å². The molecule has 1 aromatic rings. The lowest BCUT2D eigenvalue weighted by Crippen LogP contribution is -2.30. The van der Waals surface area contributed by atoms with Gasteiger partial charge in [0.15, 0.2) is 11.5 Å². The van der Waals surface area contributed by atoms with Crippen molar-refractivity contribution in [2.24, 2.45) is 0 Å². The molecule has 0 aromatic heterocycles. The molecule has 0 saturated carbocycles. The summed E-state index contributed by atoms with van der Waals surface area (Å²) in [4.78, 5) is 25.3. The highest BCUT2D eigenvalue weighted by Crippen LogP contribution is 2.29. The van der Waals surface area contributed by atoms with Crippen LogP contribution in [-0.2, 0) is 4.79 Å². The van der Waals surface area contributed by atoms with Gasteiger partial charge in [0.2, 0.25) is 5.91 Å². The minimum absolute atomic E-state index is 0.0608. The van der Waals surface area contributed by atoms with Crippen LogP contribution >= 0.6 is 0 Å². The minimum Gasteiger partial charge on any atom is -0.493 e. The topological polar surface area (TPSA) is 67.9 Å². The normalized spacial score (nSPS) is 14.2. The summed E-state index contributed by atoms with van der Waals surface area (Å²) < 4.78 is 33.8. The Labute approximate surface area is 138 Å². The number of alkyl halides is 2. The standard InChI is InChI=1S/C16H20F2N2O4/c1-23-13-10-11(5-6-12(13)24-16(17)18)15(22)19-7-3-9-20-8-2-4-14(20)21/h5-6,10,16H,2-4,7-9H2,1H3,(H,19,22). The predicted molar refractivity (Wildman–Crippen MR) is 82.4 cm³/mol. The molecule has 0 bridgehead atoms. The number of benzene rings is 1. The Morgan fingerprint density at radius 1 is 1.38 bits per heavy atom. The van der Waals surface area contributed by atoms with Crippen molar-refractivity contribution in [2.45, 2.75) is 25.9 Å². The Morgan fingerprint density at radius 2 is 2.17 bits per heavy atom. The van der Waals surface area contributed by atoms with E-state index in [0.29, 0.717) is 25.9 Å². The zero-order chi connectivity index (χ0) is 17.5. The fourth-order valence-corrected chi connectivity index (χ4v) is 2.52. The zero-order valence-corrected chi connectivity index (χ0v) is 13.4. The van der Waals surface area contributed by atoms with E-state index in [4.69, 9.17) is 4.74 Å². The van der Waals surface area contributed by atoms with Gasteiger partial charge in [-0.25, -0.2) is 0 Å². The van der Waals surface area contributed by atoms with Gasteiger partial charge in [-0.3, -0.25) is 9.59 Å². The molecule has 0 spiro atoms. The predicted octanol–water partition coefficient (Wildman–Crippen LogP) is 2.04. The van der Waals surface area contributed by atoms with E-state index in [0.717, 1.165) is 13.0 Å². The van der Waals surface area contributed by atoms with Gasteiger partial charge in [-0.1, -0.05) is 0 Å². The Morgan fingerprint density at radius 3 is 2.79 bits per heavy atom. The quantitative estimate of drug-likeness (QED) is 0.734. The third kappa shape index (κ3) is 4.81. The number of likely N-dealkylation sites (tertiary alicyclic amines) is 1. The smallest absolute Gasteiger partial charge is 0.387 e. The van der Waals surface area contributed by atoms with Crippen LogP contribution in [0.25, 0.3) is 0 Å². The molecule has 1 aliphatic rings. The van der Waals surface area contributed by atoms with E-state index in [2.05, 4.69) is 10.1 Å². The summed E-state index contributed by atoms with van der Waals surface area (Å²) in [6, 6.07) is 4.00. The second-order valence-electron chi connectivity index (χ2n) is 5.34. The molecule has 0 radical (unpaired) electrons. The molecule has 2 rings (SSSR count). The first-order valence-corrected chi connectivity index (χ1v) is 7.70. The molecule has 6 nitrogen and oxygen atoms in total. The van der Waals surface area contributed by atoms with E-state index in [1.54, 1.807) is 4.90 Å². The Balaban J connectivity index is 1.84. The number of halogens is 2. The van der Waals surface area contributed by atoms with Crippen molar-refractivity contribution in [1.82, 2.24) is 10.2 Å². The van der Waals surface area contributed by atoms with Crippen LogP contribution < -0.4 is 14.8 Å². The fourth-order valence-electron chi connectivity index (χ4n) is 2.52. The van der Waals surface area contributed by atoms with Gasteiger partial charge in [0, 0.05) is 31.6 Å². The monoisotopic (exact) mass is 342 g/mol. The number of hydrogen-bond donors (Lipinski definition) is 1. The average Bonchev–Trinajstić information content (AvgIpc) is 2.96. The maximum Gasteiger partial charge on any atom is 0.387 e. The first-order chi connectivity index (χ1) is 11.5. The lowest BCUT2D eigenvalue weighted by Gasteiger charge is -2.15. The molecule has 1 N–H and O–H groups in total. The molecular formula is C16H20F2N2O4. The van der Waals surface area contributed by atoms with E-state index >= 15 is 0 Å². The van der Waals surface area contributed by atoms with Crippen LogP contribution in [0.15, 0.2) is 18.2 Å². The first-order valence-electron chi connectivity index (χ1n) is 7.70. The molecule has 8 heteroatoms.